The summed E-state index contributed by atoms with van der Waals surface area (Å²) in [6.07, 6.45) is 0.179. The van der Waals surface area contributed by atoms with Gasteiger partial charge in [-0.25, -0.2) is 4.79 Å². The molecule has 0 radical (unpaired) electrons. The normalized spacial score (nSPS) is 17.5. The average molecular weight is 517 g/mol. The molecule has 0 spiro atoms. The lowest BCUT2D eigenvalue weighted by molar-refractivity contribution is -0.384. The molecule has 1 aromatic heterocycles. The number of benzene rings is 2. The Kier molecular flexibility index (Phi) is 8.14. The molecule has 9 nitrogen and oxygen atoms in total. The molecule has 1 aliphatic heterocycles. The minimum Gasteiger partial charge on any atom is -0.445 e. The van der Waals surface area contributed by atoms with Crippen LogP contribution >= 0.6 is 34.9 Å². The second kappa shape index (κ2) is 11.4. The summed E-state index contributed by atoms with van der Waals surface area (Å²) in [6, 6.07) is 14.8. The second-order valence-electron chi connectivity index (χ2n) is 7.43. The summed E-state index contributed by atoms with van der Waals surface area (Å²) in [5, 5.41) is 18.6. The molecule has 0 unspecified atom stereocenters. The Morgan fingerprint density at radius 2 is 1.94 bits per heavy atom. The molecular formula is C22H20N4O5S3. The van der Waals surface area contributed by atoms with Crippen LogP contribution in [0.4, 0.5) is 10.5 Å². The SMILES string of the molecule is O=C(S[C@H]1C[C@@H](CSc2nncs2)N(C(=O)OCc2ccc([N+](=O)[O-])cc2)C1)c1ccccc1. The Hall–Kier alpha value is -2.96. The molecule has 2 atom stereocenters. The number of likely N-dealkylation sites (tertiary alicyclic amines) is 1. The van der Waals surface area contributed by atoms with E-state index in [9.17, 15) is 19.7 Å². The molecule has 1 saturated heterocycles. The Labute approximate surface area is 208 Å². The highest BCUT2D eigenvalue weighted by Crippen LogP contribution is 2.33. The van der Waals surface area contributed by atoms with E-state index in [-0.39, 0.29) is 28.7 Å². The van der Waals surface area contributed by atoms with E-state index in [0.29, 0.717) is 29.8 Å². The Bertz CT molecular complexity index is 1130. The highest BCUT2D eigenvalue weighted by Gasteiger charge is 2.38. The number of carbonyl (C=O) groups is 2. The molecule has 1 fully saturated rings. The molecule has 1 amide bonds. The van der Waals surface area contributed by atoms with Crippen LogP contribution in [0.1, 0.15) is 22.3 Å². The molecule has 1 aliphatic rings. The van der Waals surface area contributed by atoms with E-state index in [0.717, 1.165) is 4.34 Å². The van der Waals surface area contributed by atoms with Gasteiger partial charge in [0.2, 0.25) is 5.12 Å². The van der Waals surface area contributed by atoms with Gasteiger partial charge in [0.05, 0.1) is 4.92 Å². The van der Waals surface area contributed by atoms with Gasteiger partial charge < -0.3 is 9.64 Å². The first-order valence-electron chi connectivity index (χ1n) is 10.3. The Morgan fingerprint density at radius 3 is 2.62 bits per heavy atom. The third-order valence-corrected chi connectivity index (χ3v) is 8.27. The molecule has 2 heterocycles. The van der Waals surface area contributed by atoms with Gasteiger partial charge in [0.1, 0.15) is 12.1 Å². The number of nitro groups is 1. The van der Waals surface area contributed by atoms with Gasteiger partial charge in [0, 0.05) is 41.3 Å². The van der Waals surface area contributed by atoms with Crippen LogP contribution < -0.4 is 0 Å². The number of carbonyl (C=O) groups excluding carboxylic acids is 2. The zero-order chi connectivity index (χ0) is 23.9. The number of hydrogen-bond donors (Lipinski definition) is 0. The average Bonchev–Trinajstić information content (AvgIpc) is 3.52. The summed E-state index contributed by atoms with van der Waals surface area (Å²) in [7, 11) is 0. The van der Waals surface area contributed by atoms with Crippen LogP contribution in [0, 0.1) is 10.1 Å². The van der Waals surface area contributed by atoms with Crippen molar-refractivity contribution in [2.24, 2.45) is 0 Å². The maximum atomic E-state index is 12.9. The number of hydrogen-bond acceptors (Lipinski definition) is 10. The fourth-order valence-electron chi connectivity index (χ4n) is 3.47. The van der Waals surface area contributed by atoms with E-state index in [2.05, 4.69) is 10.2 Å². The van der Waals surface area contributed by atoms with E-state index < -0.39 is 11.0 Å². The molecule has 0 bridgehead atoms. The predicted octanol–water partition coefficient (Wildman–Crippen LogP) is 4.89. The second-order valence-corrected chi connectivity index (χ2v) is 10.8. The fraction of sp³-hybridized carbons (Fsp3) is 0.273. The fourth-order valence-corrected chi connectivity index (χ4v) is 6.24. The van der Waals surface area contributed by atoms with E-state index in [1.54, 1.807) is 34.7 Å². The van der Waals surface area contributed by atoms with Crippen molar-refractivity contribution in [1.29, 1.82) is 0 Å². The van der Waals surface area contributed by atoms with Gasteiger partial charge in [-0.3, -0.25) is 14.9 Å². The molecule has 2 aromatic carbocycles. The van der Waals surface area contributed by atoms with Gasteiger partial charge in [-0.05, 0) is 24.1 Å². The third kappa shape index (κ3) is 6.33. The smallest absolute Gasteiger partial charge is 0.410 e. The molecule has 12 heteroatoms. The van der Waals surface area contributed by atoms with Crippen molar-refractivity contribution >= 4 is 51.8 Å². The topological polar surface area (TPSA) is 116 Å². The number of non-ortho nitro benzene ring substituents is 1. The molecule has 4 rings (SSSR count). The van der Waals surface area contributed by atoms with E-state index in [1.165, 1.54) is 47.0 Å². The Morgan fingerprint density at radius 1 is 1.18 bits per heavy atom. The zero-order valence-electron chi connectivity index (χ0n) is 17.8. The van der Waals surface area contributed by atoms with Crippen LogP contribution in [0.5, 0.6) is 0 Å². The lowest BCUT2D eigenvalue weighted by Gasteiger charge is -2.23. The summed E-state index contributed by atoms with van der Waals surface area (Å²) >= 11 is 4.19. The highest BCUT2D eigenvalue weighted by atomic mass is 32.2. The van der Waals surface area contributed by atoms with Crippen molar-refractivity contribution in [2.45, 2.75) is 28.7 Å². The molecular weight excluding hydrogens is 496 g/mol. The van der Waals surface area contributed by atoms with Crippen molar-refractivity contribution in [3.63, 3.8) is 0 Å². The highest BCUT2D eigenvalue weighted by molar-refractivity contribution is 8.14. The number of thioether (sulfide) groups is 2. The largest absolute Gasteiger partial charge is 0.445 e. The quantitative estimate of drug-likeness (QED) is 0.234. The first-order valence-corrected chi connectivity index (χ1v) is 13.1. The maximum absolute atomic E-state index is 12.9. The van der Waals surface area contributed by atoms with Crippen molar-refractivity contribution in [3.8, 4) is 0 Å². The molecule has 176 valence electrons. The van der Waals surface area contributed by atoms with Crippen LogP contribution in [0.2, 0.25) is 0 Å². The number of rotatable bonds is 8. The molecule has 0 aliphatic carbocycles. The van der Waals surface area contributed by atoms with Gasteiger partial charge in [-0.2, -0.15) is 0 Å². The number of ether oxygens (including phenoxy) is 1. The molecule has 34 heavy (non-hydrogen) atoms. The van der Waals surface area contributed by atoms with Gasteiger partial charge in [-0.1, -0.05) is 65.2 Å². The van der Waals surface area contributed by atoms with Gasteiger partial charge in [-0.15, -0.1) is 10.2 Å². The summed E-state index contributed by atoms with van der Waals surface area (Å²) in [5.74, 6) is 0.610. The minimum atomic E-state index is -0.477. The third-order valence-electron chi connectivity index (χ3n) is 5.14. The van der Waals surface area contributed by atoms with Crippen molar-refractivity contribution in [3.05, 3.63) is 81.3 Å². The molecule has 0 saturated carbocycles. The number of nitro benzene ring substituents is 1. The lowest BCUT2D eigenvalue weighted by Crippen LogP contribution is -2.37. The van der Waals surface area contributed by atoms with Crippen LogP contribution in [0.3, 0.4) is 0 Å². The summed E-state index contributed by atoms with van der Waals surface area (Å²) in [4.78, 5) is 37.6. The van der Waals surface area contributed by atoms with E-state index in [1.807, 2.05) is 18.2 Å². The summed E-state index contributed by atoms with van der Waals surface area (Å²) < 4.78 is 6.32. The van der Waals surface area contributed by atoms with Crippen LogP contribution in [0.15, 0.2) is 64.4 Å². The van der Waals surface area contributed by atoms with Crippen molar-refractivity contribution in [1.82, 2.24) is 15.1 Å². The molecule has 0 N–H and O–H groups in total. The van der Waals surface area contributed by atoms with Crippen molar-refractivity contribution < 1.29 is 19.2 Å². The Balaban J connectivity index is 1.39. The van der Waals surface area contributed by atoms with E-state index >= 15 is 0 Å². The standard InChI is InChI=1S/C22H20N4O5S3/c27-20(16-4-2-1-3-5-16)34-19-10-18(13-32-21-24-23-14-33-21)25(11-19)22(28)31-12-15-6-8-17(9-7-15)26(29)30/h1-9,14,18-19H,10-13H2/t18-,19-/m0/s1. The lowest BCUT2D eigenvalue weighted by atomic mass is 10.2. The van der Waals surface area contributed by atoms with Gasteiger partial charge in [0.15, 0.2) is 4.34 Å². The maximum Gasteiger partial charge on any atom is 0.410 e. The van der Waals surface area contributed by atoms with Crippen LogP contribution in [-0.2, 0) is 11.3 Å². The van der Waals surface area contributed by atoms with Crippen LogP contribution in [-0.4, -0.2) is 54.8 Å². The monoisotopic (exact) mass is 516 g/mol. The molecule has 3 aromatic rings. The van der Waals surface area contributed by atoms with Crippen LogP contribution in [0.25, 0.3) is 0 Å². The zero-order valence-corrected chi connectivity index (χ0v) is 20.3. The van der Waals surface area contributed by atoms with Gasteiger partial charge >= 0.3 is 6.09 Å². The van der Waals surface area contributed by atoms with Gasteiger partial charge in [0.25, 0.3) is 5.69 Å². The number of amides is 1. The predicted molar refractivity (Wildman–Crippen MR) is 131 cm³/mol. The number of nitrogens with zero attached hydrogens (tertiary/aromatic N) is 4. The van der Waals surface area contributed by atoms with Crippen molar-refractivity contribution in [2.75, 3.05) is 12.3 Å². The first kappa shape index (κ1) is 24.2. The minimum absolute atomic E-state index is 0.00431. The summed E-state index contributed by atoms with van der Waals surface area (Å²) in [6.45, 7) is 0.397. The first-order chi connectivity index (χ1) is 16.5. The van der Waals surface area contributed by atoms with E-state index in [4.69, 9.17) is 4.74 Å². The number of aromatic nitrogens is 2. The summed E-state index contributed by atoms with van der Waals surface area (Å²) in [5.41, 5.74) is 2.92.